The van der Waals surface area contributed by atoms with Crippen LogP contribution in [0.2, 0.25) is 0 Å². The van der Waals surface area contributed by atoms with Crippen LogP contribution in [-0.2, 0) is 0 Å². The number of hydrogen-bond donors (Lipinski definition) is 2. The smallest absolute Gasteiger partial charge is 0.0433 e. The summed E-state index contributed by atoms with van der Waals surface area (Å²) in [6, 6.07) is 0. The quantitative estimate of drug-likeness (QED) is 0.211. The first-order valence-corrected chi connectivity index (χ1v) is 10.7. The van der Waals surface area contributed by atoms with Crippen LogP contribution in [-0.4, -0.2) is 23.4 Å². The van der Waals surface area contributed by atoms with Gasteiger partial charge in [0.1, 0.15) is 0 Å². The van der Waals surface area contributed by atoms with Gasteiger partial charge in [0.2, 0.25) is 0 Å². The monoisotopic (exact) mass is 340 g/mol. The maximum atomic E-state index is 9.00. The van der Waals surface area contributed by atoms with Gasteiger partial charge in [0.25, 0.3) is 0 Å². The van der Waals surface area contributed by atoms with Crippen LogP contribution in [0.1, 0.15) is 110 Å². The number of allylic oxidation sites excluding steroid dienone is 2. The van der Waals surface area contributed by atoms with Crippen molar-refractivity contribution in [3.63, 3.8) is 0 Å². The second-order valence-corrected chi connectivity index (χ2v) is 7.26. The van der Waals surface area contributed by atoms with Gasteiger partial charge in [-0.05, 0) is 44.4 Å². The summed E-state index contributed by atoms with van der Waals surface area (Å²) in [5.74, 6) is 0.518. The first kappa shape index (κ1) is 23.7. The fourth-order valence-electron chi connectivity index (χ4n) is 3.30. The highest BCUT2D eigenvalue weighted by Crippen LogP contribution is 2.18. The molecule has 0 aliphatic heterocycles. The van der Waals surface area contributed by atoms with Crippen molar-refractivity contribution in [2.75, 3.05) is 13.2 Å². The second-order valence-electron chi connectivity index (χ2n) is 7.26. The Bertz CT molecular complexity index is 244. The molecule has 2 N–H and O–H groups in total. The molecule has 0 aromatic heterocycles. The second kappa shape index (κ2) is 20.7. The van der Waals surface area contributed by atoms with Crippen molar-refractivity contribution >= 4 is 0 Å². The largest absolute Gasteiger partial charge is 0.396 e. The minimum Gasteiger partial charge on any atom is -0.396 e. The third kappa shape index (κ3) is 18.0. The molecule has 0 aliphatic carbocycles. The summed E-state index contributed by atoms with van der Waals surface area (Å²) in [5, 5.41) is 18.0. The van der Waals surface area contributed by atoms with E-state index in [0.29, 0.717) is 5.92 Å². The van der Waals surface area contributed by atoms with Crippen LogP contribution in [0, 0.1) is 5.92 Å². The zero-order valence-corrected chi connectivity index (χ0v) is 16.4. The Morgan fingerprint density at radius 3 is 1.54 bits per heavy atom. The molecule has 0 rings (SSSR count). The minimum absolute atomic E-state index is 0.260. The summed E-state index contributed by atoms with van der Waals surface area (Å²) in [7, 11) is 0. The molecule has 0 aromatic rings. The zero-order valence-electron chi connectivity index (χ0n) is 16.4. The van der Waals surface area contributed by atoms with Crippen molar-refractivity contribution in [2.45, 2.75) is 110 Å². The van der Waals surface area contributed by atoms with Gasteiger partial charge in [-0.25, -0.2) is 0 Å². The number of aliphatic hydroxyl groups excluding tert-OH is 2. The van der Waals surface area contributed by atoms with E-state index in [1.54, 1.807) is 0 Å². The Morgan fingerprint density at radius 2 is 1.04 bits per heavy atom. The van der Waals surface area contributed by atoms with Crippen molar-refractivity contribution in [2.24, 2.45) is 5.92 Å². The highest BCUT2D eigenvalue weighted by Gasteiger charge is 2.06. The van der Waals surface area contributed by atoms with E-state index in [1.165, 1.54) is 89.9 Å². The molecule has 0 amide bonds. The molecule has 0 bridgehead atoms. The number of unbranched alkanes of at least 4 members (excludes halogenated alkanes) is 11. The van der Waals surface area contributed by atoms with Crippen LogP contribution >= 0.6 is 0 Å². The van der Waals surface area contributed by atoms with Crippen LogP contribution in [0.25, 0.3) is 0 Å². The molecule has 0 fully saturated rings. The van der Waals surface area contributed by atoms with Crippen LogP contribution in [0.4, 0.5) is 0 Å². The van der Waals surface area contributed by atoms with Gasteiger partial charge in [-0.1, -0.05) is 83.3 Å². The molecule has 0 heterocycles. The Balaban J connectivity index is 3.25. The fraction of sp³-hybridized carbons (Fsp3) is 0.909. The lowest BCUT2D eigenvalue weighted by Gasteiger charge is -2.13. The van der Waals surface area contributed by atoms with E-state index in [4.69, 9.17) is 10.2 Å². The van der Waals surface area contributed by atoms with Crippen LogP contribution in [0.3, 0.4) is 0 Å². The van der Waals surface area contributed by atoms with Crippen molar-refractivity contribution < 1.29 is 10.2 Å². The lowest BCUT2D eigenvalue weighted by molar-refractivity contribution is 0.207. The van der Waals surface area contributed by atoms with Gasteiger partial charge in [0.05, 0.1) is 0 Å². The summed E-state index contributed by atoms with van der Waals surface area (Å²) in [5.41, 5.74) is 0. The number of rotatable bonds is 19. The van der Waals surface area contributed by atoms with Gasteiger partial charge in [-0.15, -0.1) is 0 Å². The molecule has 0 saturated heterocycles. The Hall–Kier alpha value is -0.340. The molecule has 2 heteroatoms. The average molecular weight is 341 g/mol. The first-order chi connectivity index (χ1) is 11.8. The molecule has 144 valence electrons. The normalized spacial score (nSPS) is 11.8. The van der Waals surface area contributed by atoms with E-state index in [2.05, 4.69) is 19.1 Å². The minimum atomic E-state index is 0.260. The molecular formula is C22H44O2. The Kier molecular flexibility index (Phi) is 20.4. The van der Waals surface area contributed by atoms with Gasteiger partial charge < -0.3 is 10.2 Å². The van der Waals surface area contributed by atoms with Crippen LogP contribution in [0.5, 0.6) is 0 Å². The highest BCUT2D eigenvalue weighted by molar-refractivity contribution is 4.81. The van der Waals surface area contributed by atoms with Crippen LogP contribution < -0.4 is 0 Å². The van der Waals surface area contributed by atoms with E-state index in [1.807, 2.05) is 0 Å². The summed E-state index contributed by atoms with van der Waals surface area (Å²) in [6.45, 7) is 2.79. The maximum absolute atomic E-state index is 9.00. The van der Waals surface area contributed by atoms with Gasteiger partial charge >= 0.3 is 0 Å². The van der Waals surface area contributed by atoms with Gasteiger partial charge in [-0.2, -0.15) is 0 Å². The van der Waals surface area contributed by atoms with Gasteiger partial charge in [0.15, 0.2) is 0 Å². The standard InChI is InChI=1S/C22H44O2/c1-2-3-4-5-6-7-8-9-10-11-12-13-14-15-16-17-22(18-20-23)19-21-24/h9-10,22-24H,2-8,11-21H2,1H3/b10-9-. The van der Waals surface area contributed by atoms with Gasteiger partial charge in [0, 0.05) is 13.2 Å². The number of hydrogen-bond acceptors (Lipinski definition) is 2. The predicted octanol–water partition coefficient (Wildman–Crippen LogP) is 6.40. The Morgan fingerprint density at radius 1 is 0.583 bits per heavy atom. The SMILES string of the molecule is CCCCCCCC/C=C\CCCCCCCC(CCO)CCO. The third-order valence-electron chi connectivity index (χ3n) is 4.95. The lowest BCUT2D eigenvalue weighted by Crippen LogP contribution is -2.05. The highest BCUT2D eigenvalue weighted by atomic mass is 16.3. The molecule has 0 aliphatic rings. The van der Waals surface area contributed by atoms with Crippen molar-refractivity contribution in [3.8, 4) is 0 Å². The molecule has 0 saturated carbocycles. The van der Waals surface area contributed by atoms with E-state index >= 15 is 0 Å². The summed E-state index contributed by atoms with van der Waals surface area (Å²) in [4.78, 5) is 0. The number of aliphatic hydroxyl groups is 2. The van der Waals surface area contributed by atoms with E-state index in [0.717, 1.165) is 12.8 Å². The van der Waals surface area contributed by atoms with Crippen molar-refractivity contribution in [1.29, 1.82) is 0 Å². The molecule has 24 heavy (non-hydrogen) atoms. The molecule has 0 atom stereocenters. The van der Waals surface area contributed by atoms with Crippen molar-refractivity contribution in [3.05, 3.63) is 12.2 Å². The Labute approximate surface area is 151 Å². The molecular weight excluding hydrogens is 296 g/mol. The molecule has 2 nitrogen and oxygen atoms in total. The molecule has 0 aromatic carbocycles. The summed E-state index contributed by atoms with van der Waals surface area (Å²) >= 11 is 0. The van der Waals surface area contributed by atoms with Crippen LogP contribution in [0.15, 0.2) is 12.2 Å². The van der Waals surface area contributed by atoms with E-state index in [9.17, 15) is 0 Å². The average Bonchev–Trinajstić information content (AvgIpc) is 2.58. The van der Waals surface area contributed by atoms with E-state index < -0.39 is 0 Å². The summed E-state index contributed by atoms with van der Waals surface area (Å²) in [6.07, 6.45) is 25.0. The van der Waals surface area contributed by atoms with E-state index in [-0.39, 0.29) is 13.2 Å². The third-order valence-corrected chi connectivity index (χ3v) is 4.95. The fourth-order valence-corrected chi connectivity index (χ4v) is 3.30. The molecule has 0 unspecified atom stereocenters. The lowest BCUT2D eigenvalue weighted by atomic mass is 9.95. The van der Waals surface area contributed by atoms with Crippen molar-refractivity contribution in [1.82, 2.24) is 0 Å². The zero-order chi connectivity index (χ0) is 17.7. The summed E-state index contributed by atoms with van der Waals surface area (Å²) < 4.78 is 0. The topological polar surface area (TPSA) is 40.5 Å². The molecule has 0 spiro atoms. The maximum Gasteiger partial charge on any atom is 0.0433 e. The van der Waals surface area contributed by atoms with Gasteiger partial charge in [-0.3, -0.25) is 0 Å². The first-order valence-electron chi connectivity index (χ1n) is 10.7. The molecule has 0 radical (unpaired) electrons. The predicted molar refractivity (Wildman–Crippen MR) is 106 cm³/mol.